The molecular weight excluding hydrogens is 248 g/mol. The number of Topliss-reactive ketones (excluding diaryl/α,β-unsaturated/α-hetero) is 1. The average molecular weight is 268 g/mol. The van der Waals surface area contributed by atoms with E-state index in [4.69, 9.17) is 5.73 Å². The van der Waals surface area contributed by atoms with Gasteiger partial charge in [-0.15, -0.1) is 0 Å². The van der Waals surface area contributed by atoms with Crippen molar-refractivity contribution >= 4 is 11.5 Å². The van der Waals surface area contributed by atoms with Crippen molar-refractivity contribution in [2.45, 2.75) is 19.5 Å². The van der Waals surface area contributed by atoms with Crippen LogP contribution < -0.4 is 10.6 Å². The molecule has 104 valence electrons. The van der Waals surface area contributed by atoms with Crippen LogP contribution in [0.5, 0.6) is 0 Å². The minimum Gasteiger partial charge on any atom is -0.370 e. The van der Waals surface area contributed by atoms with E-state index in [1.807, 2.05) is 49.5 Å². The van der Waals surface area contributed by atoms with Gasteiger partial charge >= 0.3 is 0 Å². The van der Waals surface area contributed by atoms with Gasteiger partial charge in [0.2, 0.25) is 0 Å². The second-order valence-corrected chi connectivity index (χ2v) is 5.04. The third kappa shape index (κ3) is 3.45. The zero-order chi connectivity index (χ0) is 14.5. The fourth-order valence-corrected chi connectivity index (χ4v) is 2.09. The number of carbonyl (C=O) groups is 1. The largest absolute Gasteiger partial charge is 0.370 e. The molecule has 1 unspecified atom stereocenters. The van der Waals surface area contributed by atoms with Crippen molar-refractivity contribution < 1.29 is 4.79 Å². The number of benzene rings is 2. The van der Waals surface area contributed by atoms with Crippen LogP contribution >= 0.6 is 0 Å². The molecule has 2 rings (SSSR count). The molecule has 2 N–H and O–H groups in total. The Labute approximate surface area is 120 Å². The maximum atomic E-state index is 11.8. The predicted molar refractivity (Wildman–Crippen MR) is 83.0 cm³/mol. The van der Waals surface area contributed by atoms with E-state index in [1.54, 1.807) is 6.92 Å². The van der Waals surface area contributed by atoms with Gasteiger partial charge in [-0.25, -0.2) is 0 Å². The minimum atomic E-state index is -0.456. The Morgan fingerprint density at radius 1 is 1.10 bits per heavy atom. The second-order valence-electron chi connectivity index (χ2n) is 5.04. The topological polar surface area (TPSA) is 46.3 Å². The molecule has 0 fully saturated rings. The van der Waals surface area contributed by atoms with Crippen molar-refractivity contribution in [2.75, 3.05) is 11.9 Å². The molecule has 2 aromatic rings. The van der Waals surface area contributed by atoms with Crippen LogP contribution in [0.2, 0.25) is 0 Å². The third-order valence-corrected chi connectivity index (χ3v) is 3.27. The predicted octanol–water partition coefficient (Wildman–Crippen LogP) is 2.85. The van der Waals surface area contributed by atoms with Gasteiger partial charge in [-0.2, -0.15) is 0 Å². The van der Waals surface area contributed by atoms with Crippen molar-refractivity contribution in [1.82, 2.24) is 0 Å². The van der Waals surface area contributed by atoms with Gasteiger partial charge in [0.15, 0.2) is 5.78 Å². The molecule has 0 amide bonds. The van der Waals surface area contributed by atoms with E-state index in [9.17, 15) is 4.79 Å². The number of rotatable bonds is 5. The molecule has 0 aromatic heterocycles. The van der Waals surface area contributed by atoms with E-state index < -0.39 is 6.04 Å². The van der Waals surface area contributed by atoms with Crippen LogP contribution in [0.3, 0.4) is 0 Å². The molecule has 0 aliphatic rings. The van der Waals surface area contributed by atoms with E-state index in [1.165, 1.54) is 5.56 Å². The first-order chi connectivity index (χ1) is 9.58. The standard InChI is InChI=1S/C17H20N2O/c1-13(18)17(20)15-8-10-16(11-9-15)19(2)12-14-6-4-3-5-7-14/h3-11,13H,12,18H2,1-2H3. The normalized spacial score (nSPS) is 11.9. The van der Waals surface area contributed by atoms with E-state index >= 15 is 0 Å². The molecule has 0 saturated carbocycles. The summed E-state index contributed by atoms with van der Waals surface area (Å²) in [5.41, 5.74) is 8.61. The van der Waals surface area contributed by atoms with Crippen LogP contribution in [0.1, 0.15) is 22.8 Å². The van der Waals surface area contributed by atoms with Crippen molar-refractivity contribution in [2.24, 2.45) is 5.73 Å². The van der Waals surface area contributed by atoms with Gasteiger partial charge in [0.25, 0.3) is 0 Å². The molecule has 0 spiro atoms. The van der Waals surface area contributed by atoms with Crippen LogP contribution in [0.15, 0.2) is 54.6 Å². The molecule has 0 bridgehead atoms. The van der Waals surface area contributed by atoms with Crippen molar-refractivity contribution in [3.63, 3.8) is 0 Å². The summed E-state index contributed by atoms with van der Waals surface area (Å²) in [5.74, 6) is -0.0257. The van der Waals surface area contributed by atoms with Crippen molar-refractivity contribution in [3.05, 3.63) is 65.7 Å². The van der Waals surface area contributed by atoms with Crippen molar-refractivity contribution in [1.29, 1.82) is 0 Å². The summed E-state index contributed by atoms with van der Waals surface area (Å²) in [6.45, 7) is 2.54. The Morgan fingerprint density at radius 2 is 1.70 bits per heavy atom. The van der Waals surface area contributed by atoms with Gasteiger partial charge in [-0.1, -0.05) is 30.3 Å². The summed E-state index contributed by atoms with van der Waals surface area (Å²) in [6.07, 6.45) is 0. The summed E-state index contributed by atoms with van der Waals surface area (Å²) in [4.78, 5) is 13.9. The first kappa shape index (κ1) is 14.3. The van der Waals surface area contributed by atoms with Crippen LogP contribution in [-0.2, 0) is 6.54 Å². The summed E-state index contributed by atoms with van der Waals surface area (Å²) >= 11 is 0. The fourth-order valence-electron chi connectivity index (χ4n) is 2.09. The molecule has 0 heterocycles. The number of anilines is 1. The Bertz CT molecular complexity index is 561. The minimum absolute atomic E-state index is 0.0257. The molecule has 1 atom stereocenters. The highest BCUT2D eigenvalue weighted by Gasteiger charge is 2.11. The fraction of sp³-hybridized carbons (Fsp3) is 0.235. The van der Waals surface area contributed by atoms with Gasteiger partial charge in [0.05, 0.1) is 6.04 Å². The van der Waals surface area contributed by atoms with Gasteiger partial charge in [-0.3, -0.25) is 4.79 Å². The van der Waals surface area contributed by atoms with Crippen LogP contribution in [0.25, 0.3) is 0 Å². The van der Waals surface area contributed by atoms with Gasteiger partial charge in [-0.05, 0) is 36.8 Å². The second kappa shape index (κ2) is 6.35. The summed E-state index contributed by atoms with van der Waals surface area (Å²) in [5, 5.41) is 0. The molecule has 0 aliphatic heterocycles. The zero-order valence-electron chi connectivity index (χ0n) is 11.9. The third-order valence-electron chi connectivity index (χ3n) is 3.27. The number of hydrogen-bond donors (Lipinski definition) is 1. The van der Waals surface area contributed by atoms with Gasteiger partial charge in [0, 0.05) is 24.8 Å². The first-order valence-corrected chi connectivity index (χ1v) is 6.73. The molecule has 0 aliphatic carbocycles. The highest BCUT2D eigenvalue weighted by atomic mass is 16.1. The lowest BCUT2D eigenvalue weighted by Gasteiger charge is -2.19. The number of hydrogen-bond acceptors (Lipinski definition) is 3. The molecule has 0 radical (unpaired) electrons. The summed E-state index contributed by atoms with van der Waals surface area (Å²) in [6, 6.07) is 17.4. The lowest BCUT2D eigenvalue weighted by atomic mass is 10.1. The Morgan fingerprint density at radius 3 is 2.25 bits per heavy atom. The Hall–Kier alpha value is -2.13. The monoisotopic (exact) mass is 268 g/mol. The van der Waals surface area contributed by atoms with Crippen LogP contribution in [0, 0.1) is 0 Å². The maximum Gasteiger partial charge on any atom is 0.179 e. The SMILES string of the molecule is CC(N)C(=O)c1ccc(N(C)Cc2ccccc2)cc1. The lowest BCUT2D eigenvalue weighted by Crippen LogP contribution is -2.26. The zero-order valence-corrected chi connectivity index (χ0v) is 11.9. The molecular formula is C17H20N2O. The number of carbonyl (C=O) groups excluding carboxylic acids is 1. The van der Waals surface area contributed by atoms with Gasteiger partial charge in [0.1, 0.15) is 0 Å². The number of nitrogens with zero attached hydrogens (tertiary/aromatic N) is 1. The van der Waals surface area contributed by atoms with Crippen LogP contribution in [0.4, 0.5) is 5.69 Å². The quantitative estimate of drug-likeness (QED) is 0.848. The average Bonchev–Trinajstić information content (AvgIpc) is 2.47. The first-order valence-electron chi connectivity index (χ1n) is 6.73. The Kier molecular flexibility index (Phi) is 4.53. The molecule has 3 heteroatoms. The molecule has 0 saturated heterocycles. The van der Waals surface area contributed by atoms with E-state index in [0.717, 1.165) is 12.2 Å². The molecule has 2 aromatic carbocycles. The lowest BCUT2D eigenvalue weighted by molar-refractivity contribution is 0.0968. The smallest absolute Gasteiger partial charge is 0.179 e. The van der Waals surface area contributed by atoms with Gasteiger partial charge < -0.3 is 10.6 Å². The summed E-state index contributed by atoms with van der Waals surface area (Å²) < 4.78 is 0. The van der Waals surface area contributed by atoms with E-state index in [2.05, 4.69) is 17.0 Å². The molecule has 3 nitrogen and oxygen atoms in total. The number of ketones is 1. The number of nitrogens with two attached hydrogens (primary N) is 1. The Balaban J connectivity index is 2.08. The van der Waals surface area contributed by atoms with Crippen LogP contribution in [-0.4, -0.2) is 18.9 Å². The summed E-state index contributed by atoms with van der Waals surface area (Å²) in [7, 11) is 2.04. The highest BCUT2D eigenvalue weighted by Crippen LogP contribution is 2.17. The van der Waals surface area contributed by atoms with E-state index in [-0.39, 0.29) is 5.78 Å². The highest BCUT2D eigenvalue weighted by molar-refractivity contribution is 5.99. The maximum absolute atomic E-state index is 11.8. The molecule has 20 heavy (non-hydrogen) atoms. The van der Waals surface area contributed by atoms with E-state index in [0.29, 0.717) is 5.56 Å². The van der Waals surface area contributed by atoms with Crippen molar-refractivity contribution in [3.8, 4) is 0 Å².